The Morgan fingerprint density at radius 1 is 1.07 bits per heavy atom. The minimum absolute atomic E-state index is 0.324. The first-order valence-corrected chi connectivity index (χ1v) is 10.3. The predicted octanol–water partition coefficient (Wildman–Crippen LogP) is 4.24. The summed E-state index contributed by atoms with van der Waals surface area (Å²) >= 11 is 0. The number of hydrogen-bond acceptors (Lipinski definition) is 5. The molecule has 0 saturated heterocycles. The van der Waals surface area contributed by atoms with Crippen molar-refractivity contribution in [3.8, 4) is 11.5 Å². The average Bonchev–Trinajstić information content (AvgIpc) is 2.71. The van der Waals surface area contributed by atoms with Crippen LogP contribution in [0.4, 0.5) is 4.79 Å². The van der Waals surface area contributed by atoms with E-state index in [9.17, 15) is 9.59 Å². The molecule has 0 aliphatic carbocycles. The van der Waals surface area contributed by atoms with Crippen molar-refractivity contribution < 1.29 is 23.8 Å². The number of allylic oxidation sites excluding steroid dienone is 1. The Kier molecular flexibility index (Phi) is 8.83. The van der Waals surface area contributed by atoms with Gasteiger partial charge in [0.15, 0.2) is 11.5 Å². The number of carbonyl (C=O) groups is 2. The second kappa shape index (κ2) is 11.3. The van der Waals surface area contributed by atoms with E-state index in [1.807, 2.05) is 19.1 Å². The van der Waals surface area contributed by atoms with Crippen LogP contribution in [0.25, 0.3) is 0 Å². The van der Waals surface area contributed by atoms with E-state index in [4.69, 9.17) is 14.2 Å². The molecule has 1 heterocycles. The largest absolute Gasteiger partial charge is 0.493 e. The van der Waals surface area contributed by atoms with Gasteiger partial charge >= 0.3 is 12.0 Å². The normalized spacial score (nSPS) is 16.1. The van der Waals surface area contributed by atoms with Crippen LogP contribution in [0.15, 0.2) is 29.5 Å². The van der Waals surface area contributed by atoms with Crippen LogP contribution in [0.3, 0.4) is 0 Å². The van der Waals surface area contributed by atoms with Crippen LogP contribution in [0, 0.1) is 0 Å². The van der Waals surface area contributed by atoms with Gasteiger partial charge < -0.3 is 24.8 Å². The van der Waals surface area contributed by atoms with E-state index >= 15 is 0 Å². The molecule has 1 aliphatic rings. The highest BCUT2D eigenvalue weighted by atomic mass is 16.5. The SMILES string of the molecule is CCCCCCOc1ccc(C2NC(=O)NC(C)=C2C(=O)OCCC)cc1OC. The van der Waals surface area contributed by atoms with Gasteiger partial charge in [-0.3, -0.25) is 0 Å². The van der Waals surface area contributed by atoms with Gasteiger partial charge in [-0.05, 0) is 37.5 Å². The third-order valence-corrected chi connectivity index (χ3v) is 4.70. The molecule has 7 nitrogen and oxygen atoms in total. The summed E-state index contributed by atoms with van der Waals surface area (Å²) in [5.41, 5.74) is 1.58. The third-order valence-electron chi connectivity index (χ3n) is 4.70. The molecule has 0 bridgehead atoms. The number of rotatable bonds is 11. The van der Waals surface area contributed by atoms with Gasteiger partial charge in [-0.15, -0.1) is 0 Å². The number of urea groups is 1. The number of esters is 1. The Morgan fingerprint density at radius 3 is 2.55 bits per heavy atom. The van der Waals surface area contributed by atoms with E-state index in [0.29, 0.717) is 36.0 Å². The molecule has 0 saturated carbocycles. The van der Waals surface area contributed by atoms with Crippen molar-refractivity contribution in [2.24, 2.45) is 0 Å². The van der Waals surface area contributed by atoms with E-state index in [-0.39, 0.29) is 6.03 Å². The molecular weight excluding hydrogens is 372 g/mol. The van der Waals surface area contributed by atoms with Crippen LogP contribution in [-0.2, 0) is 9.53 Å². The smallest absolute Gasteiger partial charge is 0.338 e. The summed E-state index contributed by atoms with van der Waals surface area (Å²) in [6.45, 7) is 6.74. The van der Waals surface area contributed by atoms with Crippen molar-refractivity contribution in [1.29, 1.82) is 0 Å². The first kappa shape index (κ1) is 22.6. The number of benzene rings is 1. The van der Waals surface area contributed by atoms with E-state index < -0.39 is 12.0 Å². The number of ether oxygens (including phenoxy) is 3. The zero-order chi connectivity index (χ0) is 21.2. The van der Waals surface area contributed by atoms with E-state index in [1.165, 1.54) is 12.8 Å². The molecule has 2 amide bonds. The number of methoxy groups -OCH3 is 1. The molecule has 7 heteroatoms. The molecule has 1 unspecified atom stereocenters. The topological polar surface area (TPSA) is 85.9 Å². The van der Waals surface area contributed by atoms with Gasteiger partial charge in [0, 0.05) is 5.70 Å². The summed E-state index contributed by atoms with van der Waals surface area (Å²) in [4.78, 5) is 24.6. The molecular formula is C22H32N2O5. The molecule has 2 rings (SSSR count). The van der Waals surface area contributed by atoms with Crippen molar-refractivity contribution in [1.82, 2.24) is 10.6 Å². The zero-order valence-corrected chi connectivity index (χ0v) is 17.8. The predicted molar refractivity (Wildman–Crippen MR) is 111 cm³/mol. The quantitative estimate of drug-likeness (QED) is 0.426. The molecule has 0 fully saturated rings. The maximum Gasteiger partial charge on any atom is 0.338 e. The zero-order valence-electron chi connectivity index (χ0n) is 17.8. The Bertz CT molecular complexity index is 745. The number of carbonyl (C=O) groups excluding carboxylic acids is 2. The molecule has 2 N–H and O–H groups in total. The van der Waals surface area contributed by atoms with E-state index in [0.717, 1.165) is 24.8 Å². The highest BCUT2D eigenvalue weighted by Gasteiger charge is 2.32. The second-order valence-electron chi connectivity index (χ2n) is 7.03. The first-order valence-electron chi connectivity index (χ1n) is 10.3. The van der Waals surface area contributed by atoms with Gasteiger partial charge in [-0.2, -0.15) is 0 Å². The minimum Gasteiger partial charge on any atom is -0.493 e. The Morgan fingerprint density at radius 2 is 1.86 bits per heavy atom. The summed E-state index contributed by atoms with van der Waals surface area (Å²) in [5.74, 6) is 0.755. The van der Waals surface area contributed by atoms with Gasteiger partial charge in [-0.25, -0.2) is 9.59 Å². The van der Waals surface area contributed by atoms with Gasteiger partial charge in [-0.1, -0.05) is 39.2 Å². The molecule has 1 aromatic rings. The van der Waals surface area contributed by atoms with Crippen LogP contribution < -0.4 is 20.1 Å². The lowest BCUT2D eigenvalue weighted by Crippen LogP contribution is -2.45. The fourth-order valence-electron chi connectivity index (χ4n) is 3.18. The van der Waals surface area contributed by atoms with E-state index in [1.54, 1.807) is 20.1 Å². The third kappa shape index (κ3) is 6.14. The van der Waals surface area contributed by atoms with Gasteiger partial charge in [0.05, 0.1) is 31.9 Å². The Hall–Kier alpha value is -2.70. The minimum atomic E-state index is -0.624. The average molecular weight is 405 g/mol. The van der Waals surface area contributed by atoms with Crippen molar-refractivity contribution >= 4 is 12.0 Å². The lowest BCUT2D eigenvalue weighted by Gasteiger charge is -2.28. The van der Waals surface area contributed by atoms with Crippen molar-refractivity contribution in [3.05, 3.63) is 35.0 Å². The number of amides is 2. The molecule has 0 spiro atoms. The van der Waals surface area contributed by atoms with Crippen LogP contribution in [0.5, 0.6) is 11.5 Å². The number of nitrogens with one attached hydrogen (secondary N) is 2. The van der Waals surface area contributed by atoms with Crippen molar-refractivity contribution in [2.45, 2.75) is 58.9 Å². The van der Waals surface area contributed by atoms with E-state index in [2.05, 4.69) is 17.6 Å². The molecule has 29 heavy (non-hydrogen) atoms. The van der Waals surface area contributed by atoms with Crippen LogP contribution >= 0.6 is 0 Å². The first-order chi connectivity index (χ1) is 14.0. The molecule has 160 valence electrons. The standard InChI is InChI=1S/C22H32N2O5/c1-5-7-8-9-13-28-17-11-10-16(14-18(17)27-4)20-19(21(25)29-12-6-2)15(3)23-22(26)24-20/h10-11,14,20H,5-9,12-13H2,1-4H3,(H2,23,24,26). The lowest BCUT2D eigenvalue weighted by atomic mass is 9.95. The summed E-state index contributed by atoms with van der Waals surface area (Å²) < 4.78 is 16.7. The molecule has 1 aromatic carbocycles. The van der Waals surface area contributed by atoms with Crippen LogP contribution in [0.2, 0.25) is 0 Å². The summed E-state index contributed by atoms with van der Waals surface area (Å²) in [6, 6.07) is 4.45. The fourth-order valence-corrected chi connectivity index (χ4v) is 3.18. The maximum absolute atomic E-state index is 12.6. The Labute approximate surface area is 172 Å². The maximum atomic E-state index is 12.6. The highest BCUT2D eigenvalue weighted by molar-refractivity contribution is 5.95. The van der Waals surface area contributed by atoms with Crippen LogP contribution in [0.1, 0.15) is 64.5 Å². The summed E-state index contributed by atoms with van der Waals surface area (Å²) in [7, 11) is 1.57. The summed E-state index contributed by atoms with van der Waals surface area (Å²) in [6.07, 6.45) is 5.21. The highest BCUT2D eigenvalue weighted by Crippen LogP contribution is 2.34. The fraction of sp³-hybridized carbons (Fsp3) is 0.545. The second-order valence-corrected chi connectivity index (χ2v) is 7.03. The number of unbranched alkanes of at least 4 members (excludes halogenated alkanes) is 3. The van der Waals surface area contributed by atoms with Crippen LogP contribution in [-0.4, -0.2) is 32.3 Å². The van der Waals surface area contributed by atoms with Crippen molar-refractivity contribution in [3.63, 3.8) is 0 Å². The number of hydrogen-bond donors (Lipinski definition) is 2. The molecule has 1 aliphatic heterocycles. The molecule has 0 aromatic heterocycles. The van der Waals surface area contributed by atoms with Gasteiger partial charge in [0.1, 0.15) is 0 Å². The summed E-state index contributed by atoms with van der Waals surface area (Å²) in [5, 5.41) is 5.45. The molecule has 1 atom stereocenters. The van der Waals surface area contributed by atoms with Gasteiger partial charge in [0.2, 0.25) is 0 Å². The Balaban J connectivity index is 2.22. The monoisotopic (exact) mass is 404 g/mol. The molecule has 0 radical (unpaired) electrons. The lowest BCUT2D eigenvalue weighted by molar-refractivity contribution is -0.139. The van der Waals surface area contributed by atoms with Gasteiger partial charge in [0.25, 0.3) is 0 Å². The van der Waals surface area contributed by atoms with Crippen molar-refractivity contribution in [2.75, 3.05) is 20.3 Å².